The smallest absolute Gasteiger partial charge is 0.329 e. The summed E-state index contributed by atoms with van der Waals surface area (Å²) in [6.07, 6.45) is 1.44. The van der Waals surface area contributed by atoms with Gasteiger partial charge in [-0.1, -0.05) is 18.2 Å². The van der Waals surface area contributed by atoms with E-state index in [4.69, 9.17) is 4.74 Å². The lowest BCUT2D eigenvalue weighted by molar-refractivity contribution is -0.136. The van der Waals surface area contributed by atoms with Gasteiger partial charge in [0.25, 0.3) is 0 Å². The van der Waals surface area contributed by atoms with Gasteiger partial charge in [0.2, 0.25) is 0 Å². The van der Waals surface area contributed by atoms with Gasteiger partial charge >= 0.3 is 11.8 Å². The third kappa shape index (κ3) is 4.45. The molecule has 2 aromatic rings. The molecule has 0 saturated carbocycles. The van der Waals surface area contributed by atoms with Crippen LogP contribution in [0.5, 0.6) is 5.75 Å². The van der Waals surface area contributed by atoms with E-state index in [0.717, 1.165) is 11.3 Å². The van der Waals surface area contributed by atoms with Crippen LogP contribution in [0.1, 0.15) is 5.56 Å². The second-order valence-corrected chi connectivity index (χ2v) is 4.29. The predicted molar refractivity (Wildman–Crippen MR) is 83.8 cm³/mol. The number of methoxy groups -OCH3 is 1. The molecule has 0 bridgehead atoms. The van der Waals surface area contributed by atoms with Crippen LogP contribution in [0.25, 0.3) is 0 Å². The maximum atomic E-state index is 11.6. The molecule has 0 unspecified atom stereocenters. The molecule has 112 valence electrons. The molecule has 0 saturated heterocycles. The van der Waals surface area contributed by atoms with Crippen LogP contribution in [-0.2, 0) is 9.59 Å². The summed E-state index contributed by atoms with van der Waals surface area (Å²) in [7, 11) is 1.58. The zero-order valence-corrected chi connectivity index (χ0v) is 11.9. The van der Waals surface area contributed by atoms with Crippen molar-refractivity contribution in [2.75, 3.05) is 12.4 Å². The molecule has 0 heterocycles. The zero-order valence-electron chi connectivity index (χ0n) is 11.9. The van der Waals surface area contributed by atoms with Crippen molar-refractivity contribution in [2.45, 2.75) is 0 Å². The van der Waals surface area contributed by atoms with Crippen LogP contribution in [0.3, 0.4) is 0 Å². The number of hydrogen-bond acceptors (Lipinski definition) is 4. The molecule has 2 rings (SSSR count). The van der Waals surface area contributed by atoms with Crippen LogP contribution >= 0.6 is 0 Å². The van der Waals surface area contributed by atoms with Crippen LogP contribution in [-0.4, -0.2) is 25.1 Å². The second-order valence-electron chi connectivity index (χ2n) is 4.29. The van der Waals surface area contributed by atoms with Gasteiger partial charge in [-0.2, -0.15) is 5.10 Å². The number of amides is 2. The maximum absolute atomic E-state index is 11.6. The molecule has 0 aliphatic heterocycles. The van der Waals surface area contributed by atoms with Gasteiger partial charge in [0.15, 0.2) is 0 Å². The standard InChI is InChI=1S/C16H15N3O3/c1-22-14-9-7-12(8-10-14)11-17-19-16(21)15(20)18-13-5-3-2-4-6-13/h2-11H,1H3,(H,18,20)(H,19,21)/b17-11+. The van der Waals surface area contributed by atoms with E-state index in [1.807, 2.05) is 6.07 Å². The van der Waals surface area contributed by atoms with E-state index < -0.39 is 11.8 Å². The van der Waals surface area contributed by atoms with Crippen molar-refractivity contribution in [1.82, 2.24) is 5.43 Å². The third-order valence-electron chi connectivity index (χ3n) is 2.73. The quantitative estimate of drug-likeness (QED) is 0.513. The Hall–Kier alpha value is -3.15. The van der Waals surface area contributed by atoms with E-state index in [1.165, 1.54) is 6.21 Å². The van der Waals surface area contributed by atoms with E-state index in [9.17, 15) is 9.59 Å². The minimum Gasteiger partial charge on any atom is -0.497 e. The van der Waals surface area contributed by atoms with Crippen molar-refractivity contribution in [3.63, 3.8) is 0 Å². The minimum atomic E-state index is -0.839. The van der Waals surface area contributed by atoms with Crippen molar-refractivity contribution < 1.29 is 14.3 Å². The largest absolute Gasteiger partial charge is 0.497 e. The highest BCUT2D eigenvalue weighted by Crippen LogP contribution is 2.09. The first-order valence-corrected chi connectivity index (χ1v) is 6.52. The number of benzene rings is 2. The van der Waals surface area contributed by atoms with Gasteiger partial charge in [0.1, 0.15) is 5.75 Å². The van der Waals surface area contributed by atoms with Crippen LogP contribution in [0.2, 0.25) is 0 Å². The Morgan fingerprint density at radius 3 is 2.32 bits per heavy atom. The van der Waals surface area contributed by atoms with Gasteiger partial charge in [0.05, 0.1) is 13.3 Å². The number of ether oxygens (including phenoxy) is 1. The Labute approximate surface area is 127 Å². The summed E-state index contributed by atoms with van der Waals surface area (Å²) in [6, 6.07) is 15.8. The zero-order chi connectivity index (χ0) is 15.8. The van der Waals surface area contributed by atoms with Gasteiger partial charge in [-0.25, -0.2) is 5.43 Å². The molecular weight excluding hydrogens is 282 g/mol. The van der Waals surface area contributed by atoms with E-state index in [2.05, 4.69) is 15.8 Å². The monoisotopic (exact) mass is 297 g/mol. The topological polar surface area (TPSA) is 79.8 Å². The molecule has 22 heavy (non-hydrogen) atoms. The molecule has 0 aliphatic carbocycles. The molecule has 0 fully saturated rings. The normalized spacial score (nSPS) is 10.2. The highest BCUT2D eigenvalue weighted by Gasteiger charge is 2.12. The number of hydrazone groups is 1. The van der Waals surface area contributed by atoms with Gasteiger partial charge in [0, 0.05) is 5.69 Å². The summed E-state index contributed by atoms with van der Waals surface area (Å²) >= 11 is 0. The average Bonchev–Trinajstić information content (AvgIpc) is 2.56. The van der Waals surface area contributed by atoms with E-state index >= 15 is 0 Å². The fourth-order valence-corrected chi connectivity index (χ4v) is 1.62. The molecule has 2 amide bonds. The molecule has 2 N–H and O–H groups in total. The first kappa shape index (κ1) is 15.2. The average molecular weight is 297 g/mol. The van der Waals surface area contributed by atoms with Gasteiger partial charge < -0.3 is 10.1 Å². The number of carbonyl (C=O) groups is 2. The Morgan fingerprint density at radius 1 is 1.00 bits per heavy atom. The van der Waals surface area contributed by atoms with Crippen LogP contribution in [0, 0.1) is 0 Å². The molecule has 2 aromatic carbocycles. The lowest BCUT2D eigenvalue weighted by Crippen LogP contribution is -2.32. The van der Waals surface area contributed by atoms with E-state index in [0.29, 0.717) is 5.69 Å². The van der Waals surface area contributed by atoms with Crippen LogP contribution in [0.4, 0.5) is 5.69 Å². The summed E-state index contributed by atoms with van der Waals surface area (Å²) in [6.45, 7) is 0. The minimum absolute atomic E-state index is 0.543. The van der Waals surface area contributed by atoms with E-state index in [1.54, 1.807) is 55.6 Å². The van der Waals surface area contributed by atoms with Gasteiger partial charge in [-0.3, -0.25) is 9.59 Å². The number of para-hydroxylation sites is 1. The van der Waals surface area contributed by atoms with Crippen molar-refractivity contribution in [1.29, 1.82) is 0 Å². The van der Waals surface area contributed by atoms with Gasteiger partial charge in [-0.15, -0.1) is 0 Å². The molecule has 0 aromatic heterocycles. The number of rotatable bonds is 4. The second kappa shape index (κ2) is 7.58. The third-order valence-corrected chi connectivity index (χ3v) is 2.73. The number of nitrogens with one attached hydrogen (secondary N) is 2. The molecule has 6 heteroatoms. The Bertz CT molecular complexity index is 667. The molecule has 0 atom stereocenters. The number of carbonyl (C=O) groups excluding carboxylic acids is 2. The van der Waals surface area contributed by atoms with Crippen molar-refractivity contribution in [3.05, 3.63) is 60.2 Å². The van der Waals surface area contributed by atoms with Crippen molar-refractivity contribution in [2.24, 2.45) is 5.10 Å². The Kier molecular flexibility index (Phi) is 5.25. The fraction of sp³-hybridized carbons (Fsp3) is 0.0625. The van der Waals surface area contributed by atoms with Gasteiger partial charge in [-0.05, 0) is 42.0 Å². The molecule has 0 radical (unpaired) electrons. The summed E-state index contributed by atoms with van der Waals surface area (Å²) < 4.78 is 5.03. The summed E-state index contributed by atoms with van der Waals surface area (Å²) in [5, 5.41) is 6.20. The highest BCUT2D eigenvalue weighted by molar-refractivity contribution is 6.39. The van der Waals surface area contributed by atoms with Crippen LogP contribution in [0.15, 0.2) is 59.7 Å². The SMILES string of the molecule is COc1ccc(/C=N/NC(=O)C(=O)Nc2ccccc2)cc1. The lowest BCUT2D eigenvalue weighted by atomic mass is 10.2. The number of nitrogens with zero attached hydrogens (tertiary/aromatic N) is 1. The molecule has 6 nitrogen and oxygen atoms in total. The summed E-state index contributed by atoms with van der Waals surface area (Å²) in [5.41, 5.74) is 3.48. The number of hydrogen-bond donors (Lipinski definition) is 2. The summed E-state index contributed by atoms with van der Waals surface area (Å²) in [5.74, 6) is -0.893. The first-order chi connectivity index (χ1) is 10.7. The molecule has 0 aliphatic rings. The lowest BCUT2D eigenvalue weighted by Gasteiger charge is -2.03. The summed E-state index contributed by atoms with van der Waals surface area (Å²) in [4.78, 5) is 23.2. The molecular formula is C16H15N3O3. The Morgan fingerprint density at radius 2 is 1.68 bits per heavy atom. The van der Waals surface area contributed by atoms with Crippen molar-refractivity contribution in [3.8, 4) is 5.75 Å². The Balaban J connectivity index is 1.86. The maximum Gasteiger partial charge on any atom is 0.329 e. The number of anilines is 1. The first-order valence-electron chi connectivity index (χ1n) is 6.52. The fourth-order valence-electron chi connectivity index (χ4n) is 1.62. The highest BCUT2D eigenvalue weighted by atomic mass is 16.5. The van der Waals surface area contributed by atoms with E-state index in [-0.39, 0.29) is 0 Å². The van der Waals surface area contributed by atoms with Crippen molar-refractivity contribution >= 4 is 23.7 Å². The van der Waals surface area contributed by atoms with Crippen LogP contribution < -0.4 is 15.5 Å². The molecule has 0 spiro atoms. The predicted octanol–water partition coefficient (Wildman–Crippen LogP) is 1.78.